The number of rotatable bonds is 1. The number of carbonyl (C=O) groups is 1. The van der Waals surface area contributed by atoms with Crippen LogP contribution < -0.4 is 10.5 Å². The summed E-state index contributed by atoms with van der Waals surface area (Å²) in [6, 6.07) is 7.35. The summed E-state index contributed by atoms with van der Waals surface area (Å²) in [5, 5.41) is 13.0. The second kappa shape index (κ2) is 8.90. The van der Waals surface area contributed by atoms with Crippen LogP contribution in [-0.4, -0.2) is 33.9 Å². The molecule has 0 spiro atoms. The van der Waals surface area contributed by atoms with Crippen LogP contribution >= 0.6 is 11.3 Å². The van der Waals surface area contributed by atoms with Gasteiger partial charge in [-0.25, -0.2) is 4.98 Å². The molecular weight excluding hydrogens is 390 g/mol. The number of ether oxygens (including phenoxy) is 1. The molecule has 150 valence electrons. The first-order valence-corrected chi connectivity index (χ1v) is 9.81. The Morgan fingerprint density at radius 1 is 1.41 bits per heavy atom. The van der Waals surface area contributed by atoms with Crippen LogP contribution in [0.15, 0.2) is 35.0 Å². The van der Waals surface area contributed by atoms with Crippen molar-refractivity contribution in [1.29, 1.82) is 0 Å². The third-order valence-electron chi connectivity index (χ3n) is 4.03. The fourth-order valence-corrected chi connectivity index (χ4v) is 3.61. The molecular formula is C21H21N3O4S. The van der Waals surface area contributed by atoms with E-state index in [0.29, 0.717) is 17.4 Å². The zero-order valence-electron chi connectivity index (χ0n) is 16.3. The van der Waals surface area contributed by atoms with Gasteiger partial charge in [0.15, 0.2) is 5.01 Å². The zero-order chi connectivity index (χ0) is 21.0. The monoisotopic (exact) mass is 411 g/mol. The molecule has 1 unspecified atom stereocenters. The number of benzene rings is 1. The lowest BCUT2D eigenvalue weighted by atomic mass is 10.0. The normalized spacial score (nSPS) is 15.2. The first-order valence-electron chi connectivity index (χ1n) is 8.99. The van der Waals surface area contributed by atoms with Crippen LogP contribution in [0.1, 0.15) is 45.8 Å². The molecule has 0 radical (unpaired) electrons. The zero-order valence-corrected chi connectivity index (χ0v) is 17.1. The fourth-order valence-electron chi connectivity index (χ4n) is 2.64. The maximum Gasteiger partial charge on any atom is 0.277 e. The molecule has 3 N–H and O–H groups in total. The number of aryl methyl sites for hydroxylation is 1. The van der Waals surface area contributed by atoms with Crippen LogP contribution in [0.25, 0.3) is 11.3 Å². The van der Waals surface area contributed by atoms with Crippen LogP contribution in [0.3, 0.4) is 0 Å². The number of aromatic nitrogens is 2. The number of hydrogen-bond acceptors (Lipinski definition) is 7. The number of thiazole rings is 1. The number of nitrogens with zero attached hydrogens (tertiary/aromatic N) is 2. The summed E-state index contributed by atoms with van der Waals surface area (Å²) in [6.45, 7) is 6.01. The topological polar surface area (TPSA) is 111 Å². The fraction of sp³-hybridized carbons (Fsp3) is 0.286. The number of aliphatic hydroxyl groups excluding tert-OH is 1. The maximum absolute atomic E-state index is 11.5. The van der Waals surface area contributed by atoms with Crippen molar-refractivity contribution in [2.24, 2.45) is 5.73 Å². The summed E-state index contributed by atoms with van der Waals surface area (Å²) in [5.41, 5.74) is 7.64. The molecule has 0 fully saturated rings. The minimum Gasteiger partial charge on any atom is -0.492 e. The third-order valence-corrected chi connectivity index (χ3v) is 5.33. The number of carbonyl (C=O) groups excluding carboxylic acids is 1. The molecule has 2 atom stereocenters. The number of aliphatic hydroxyl groups is 1. The van der Waals surface area contributed by atoms with Gasteiger partial charge in [0, 0.05) is 28.0 Å². The van der Waals surface area contributed by atoms with E-state index in [4.69, 9.17) is 10.5 Å². The number of primary amides is 1. The minimum atomic E-state index is -0.693. The van der Waals surface area contributed by atoms with E-state index in [1.807, 2.05) is 32.0 Å². The van der Waals surface area contributed by atoms with Gasteiger partial charge >= 0.3 is 0 Å². The lowest BCUT2D eigenvalue weighted by molar-refractivity contribution is 0.1000. The smallest absolute Gasteiger partial charge is 0.277 e. The highest BCUT2D eigenvalue weighted by Crippen LogP contribution is 2.41. The highest BCUT2D eigenvalue weighted by atomic mass is 32.1. The van der Waals surface area contributed by atoms with Crippen LogP contribution in [0.5, 0.6) is 5.75 Å². The molecule has 2 aromatic heterocycles. The second-order valence-corrected chi connectivity index (χ2v) is 7.62. The van der Waals surface area contributed by atoms with Crippen molar-refractivity contribution in [2.45, 2.75) is 32.8 Å². The largest absolute Gasteiger partial charge is 0.492 e. The van der Waals surface area contributed by atoms with E-state index in [1.165, 1.54) is 11.3 Å². The molecule has 29 heavy (non-hydrogen) atoms. The molecule has 0 saturated heterocycles. The summed E-state index contributed by atoms with van der Waals surface area (Å²) in [6.07, 6.45) is 0.927. The summed E-state index contributed by atoms with van der Waals surface area (Å²) < 4.78 is 10.4. The van der Waals surface area contributed by atoms with Gasteiger partial charge < -0.3 is 20.1 Å². The van der Waals surface area contributed by atoms with Crippen LogP contribution in [0, 0.1) is 18.8 Å². The van der Waals surface area contributed by atoms with E-state index in [-0.39, 0.29) is 5.92 Å². The molecule has 4 rings (SSSR count). The Morgan fingerprint density at radius 3 is 2.79 bits per heavy atom. The molecule has 3 heterocycles. The van der Waals surface area contributed by atoms with Gasteiger partial charge in [-0.05, 0) is 32.0 Å². The van der Waals surface area contributed by atoms with Gasteiger partial charge in [0.05, 0.1) is 18.5 Å². The molecule has 0 bridgehead atoms. The standard InChI is InChI=1S/C17H16N2O3S.C4H5NO/c1-9-8-22-13-6-5-11(4-3-10(2)20)7-12(13)14-15(9)23-17(19-14)16(18)21;1-4-2-3-5-6-4/h5-7,9-10,20H,8H2,1-2H3,(H2,18,21);2-3H,1H3/t9-,10?;/m0./s1. The van der Waals surface area contributed by atoms with Gasteiger partial charge in [-0.15, -0.1) is 11.3 Å². The Labute approximate surface area is 172 Å². The first-order chi connectivity index (χ1) is 13.8. The number of nitrogens with two attached hydrogens (primary N) is 1. The van der Waals surface area contributed by atoms with Crippen molar-refractivity contribution in [1.82, 2.24) is 10.1 Å². The van der Waals surface area contributed by atoms with Gasteiger partial charge in [0.1, 0.15) is 17.6 Å². The van der Waals surface area contributed by atoms with Crippen molar-refractivity contribution in [3.8, 4) is 28.8 Å². The Balaban J connectivity index is 0.000000343. The Morgan fingerprint density at radius 2 is 2.21 bits per heavy atom. The van der Waals surface area contributed by atoms with Gasteiger partial charge in [-0.1, -0.05) is 23.9 Å². The van der Waals surface area contributed by atoms with Gasteiger partial charge in [-0.3, -0.25) is 4.79 Å². The Kier molecular flexibility index (Phi) is 6.32. The molecule has 1 amide bonds. The summed E-state index contributed by atoms with van der Waals surface area (Å²) in [4.78, 5) is 16.8. The van der Waals surface area contributed by atoms with E-state index in [9.17, 15) is 9.90 Å². The molecule has 1 aliphatic heterocycles. The third kappa shape index (κ3) is 5.02. The molecule has 1 aliphatic rings. The van der Waals surface area contributed by atoms with Crippen molar-refractivity contribution in [3.05, 3.63) is 51.7 Å². The Bertz CT molecular complexity index is 1060. The number of hydrogen-bond donors (Lipinski definition) is 2. The van der Waals surface area contributed by atoms with Crippen LogP contribution in [0.2, 0.25) is 0 Å². The average molecular weight is 411 g/mol. The number of fused-ring (bicyclic) bond motifs is 3. The van der Waals surface area contributed by atoms with Gasteiger partial charge in [0.25, 0.3) is 5.91 Å². The van der Waals surface area contributed by atoms with Crippen molar-refractivity contribution in [2.75, 3.05) is 6.61 Å². The van der Waals surface area contributed by atoms with E-state index in [0.717, 1.165) is 27.5 Å². The summed E-state index contributed by atoms with van der Waals surface area (Å²) in [7, 11) is 0. The van der Waals surface area contributed by atoms with E-state index in [2.05, 4.69) is 26.5 Å². The summed E-state index contributed by atoms with van der Waals surface area (Å²) >= 11 is 1.31. The quantitative estimate of drug-likeness (QED) is 0.595. The molecule has 7 nitrogen and oxygen atoms in total. The minimum absolute atomic E-state index is 0.120. The highest BCUT2D eigenvalue weighted by molar-refractivity contribution is 7.14. The van der Waals surface area contributed by atoms with Crippen LogP contribution in [0.4, 0.5) is 0 Å². The van der Waals surface area contributed by atoms with Crippen molar-refractivity contribution >= 4 is 17.2 Å². The number of amides is 1. The summed E-state index contributed by atoms with van der Waals surface area (Å²) in [5.74, 6) is 6.79. The lowest BCUT2D eigenvalue weighted by Gasteiger charge is -2.08. The lowest BCUT2D eigenvalue weighted by Crippen LogP contribution is -2.10. The van der Waals surface area contributed by atoms with E-state index in [1.54, 1.807) is 19.2 Å². The predicted molar refractivity (Wildman–Crippen MR) is 110 cm³/mol. The molecule has 0 aliphatic carbocycles. The predicted octanol–water partition coefficient (Wildman–Crippen LogP) is 3.12. The maximum atomic E-state index is 11.5. The Hall–Kier alpha value is -3.15. The average Bonchev–Trinajstić information content (AvgIpc) is 3.32. The van der Waals surface area contributed by atoms with Crippen LogP contribution in [-0.2, 0) is 0 Å². The second-order valence-electron chi connectivity index (χ2n) is 6.59. The van der Waals surface area contributed by atoms with E-state index < -0.39 is 12.0 Å². The van der Waals surface area contributed by atoms with Gasteiger partial charge in [0.2, 0.25) is 0 Å². The van der Waals surface area contributed by atoms with Crippen molar-refractivity contribution in [3.63, 3.8) is 0 Å². The van der Waals surface area contributed by atoms with Crippen molar-refractivity contribution < 1.29 is 19.2 Å². The highest BCUT2D eigenvalue weighted by Gasteiger charge is 2.26. The molecule has 8 heteroatoms. The molecule has 0 saturated carbocycles. The SMILES string of the molecule is CC(O)C#Cc1ccc2c(c1)-c1nc(C(N)=O)sc1[C@@H](C)CO2.Cc1ccno1. The molecule has 3 aromatic rings. The van der Waals surface area contributed by atoms with Gasteiger partial charge in [-0.2, -0.15) is 0 Å². The molecule has 1 aromatic carbocycles. The van der Waals surface area contributed by atoms with E-state index >= 15 is 0 Å². The first kappa shape index (κ1) is 20.6.